The van der Waals surface area contributed by atoms with Crippen LogP contribution in [0.1, 0.15) is 10.4 Å². The van der Waals surface area contributed by atoms with E-state index in [1.807, 2.05) is 0 Å². The van der Waals surface area contributed by atoms with Crippen molar-refractivity contribution in [1.82, 2.24) is 0 Å². The van der Waals surface area contributed by atoms with Gasteiger partial charge in [-0.25, -0.2) is 0 Å². The van der Waals surface area contributed by atoms with Gasteiger partial charge in [0.1, 0.15) is 0 Å². The van der Waals surface area contributed by atoms with Crippen LogP contribution in [0.5, 0.6) is 0 Å². The van der Waals surface area contributed by atoms with E-state index in [1.54, 1.807) is 12.1 Å². The molecule has 0 aliphatic heterocycles. The lowest BCUT2D eigenvalue weighted by atomic mass is 10.1. The highest BCUT2D eigenvalue weighted by atomic mass is 79.9. The van der Waals surface area contributed by atoms with Crippen LogP contribution in [0.15, 0.2) is 22.7 Å². The topological polar surface area (TPSA) is 26.0 Å². The van der Waals surface area contributed by atoms with Gasteiger partial charge in [-0.15, -0.1) is 11.3 Å². The molecule has 2 rings (SSSR count). The summed E-state index contributed by atoms with van der Waals surface area (Å²) in [5.41, 5.74) is 4.82. The van der Waals surface area contributed by atoms with Gasteiger partial charge in [0.15, 0.2) is 0 Å². The minimum Gasteiger partial charge on any atom is -0.326 e. The first-order chi connectivity index (χ1) is 7.41. The molecule has 1 heterocycles. The van der Waals surface area contributed by atoms with Gasteiger partial charge in [-0.2, -0.15) is 13.2 Å². The van der Waals surface area contributed by atoms with Crippen LogP contribution in [-0.2, 0) is 12.7 Å². The van der Waals surface area contributed by atoms with Crippen molar-refractivity contribution in [2.24, 2.45) is 5.73 Å². The van der Waals surface area contributed by atoms with Crippen LogP contribution in [0, 0.1) is 0 Å². The highest BCUT2D eigenvalue weighted by Gasteiger charge is 2.33. The van der Waals surface area contributed by atoms with Gasteiger partial charge in [0.2, 0.25) is 0 Å². The van der Waals surface area contributed by atoms with Gasteiger partial charge in [-0.1, -0.05) is 15.9 Å². The Kier molecular flexibility index (Phi) is 2.98. The van der Waals surface area contributed by atoms with Crippen LogP contribution < -0.4 is 5.73 Å². The number of halogens is 4. The maximum absolute atomic E-state index is 12.8. The second kappa shape index (κ2) is 4.01. The Morgan fingerprint density at radius 3 is 2.50 bits per heavy atom. The van der Waals surface area contributed by atoms with E-state index in [0.717, 1.165) is 22.3 Å². The van der Waals surface area contributed by atoms with Crippen LogP contribution in [0.4, 0.5) is 13.2 Å². The molecule has 0 spiro atoms. The van der Waals surface area contributed by atoms with Gasteiger partial charge in [-0.3, -0.25) is 0 Å². The van der Waals surface area contributed by atoms with Crippen LogP contribution in [0.25, 0.3) is 10.1 Å². The summed E-state index contributed by atoms with van der Waals surface area (Å²) >= 11 is 4.17. The normalized spacial score (nSPS) is 12.3. The standard InChI is InChI=1S/C10H7BrF3NS/c11-6-1-5-2-7(4-15)16-9(5)8(3-6)10(12,13)14/h1-3H,4,15H2. The fourth-order valence-corrected chi connectivity index (χ4v) is 3.01. The Labute approximate surface area is 102 Å². The molecule has 0 saturated carbocycles. The molecule has 0 atom stereocenters. The molecule has 16 heavy (non-hydrogen) atoms. The summed E-state index contributed by atoms with van der Waals surface area (Å²) in [6.07, 6.45) is -4.33. The number of hydrogen-bond acceptors (Lipinski definition) is 2. The van der Waals surface area contributed by atoms with Gasteiger partial charge >= 0.3 is 6.18 Å². The van der Waals surface area contributed by atoms with Crippen molar-refractivity contribution >= 4 is 37.4 Å². The summed E-state index contributed by atoms with van der Waals surface area (Å²) < 4.78 is 39.0. The predicted octanol–water partition coefficient (Wildman–Crippen LogP) is 4.14. The highest BCUT2D eigenvalue weighted by Crippen LogP contribution is 2.40. The average molecular weight is 310 g/mol. The summed E-state index contributed by atoms with van der Waals surface area (Å²) in [6, 6.07) is 4.46. The van der Waals surface area contributed by atoms with Crippen molar-refractivity contribution in [2.45, 2.75) is 12.7 Å². The van der Waals surface area contributed by atoms with E-state index in [2.05, 4.69) is 15.9 Å². The largest absolute Gasteiger partial charge is 0.417 e. The third-order valence-corrected chi connectivity index (χ3v) is 3.80. The molecule has 2 N–H and O–H groups in total. The molecular weight excluding hydrogens is 303 g/mol. The molecule has 0 unspecified atom stereocenters. The molecule has 6 heteroatoms. The molecule has 0 radical (unpaired) electrons. The maximum Gasteiger partial charge on any atom is 0.417 e. The van der Waals surface area contributed by atoms with Crippen LogP contribution >= 0.6 is 27.3 Å². The monoisotopic (exact) mass is 309 g/mol. The quantitative estimate of drug-likeness (QED) is 0.841. The summed E-state index contributed by atoms with van der Waals surface area (Å²) in [5, 5.41) is 0.576. The number of rotatable bonds is 1. The van der Waals surface area contributed by atoms with E-state index in [1.165, 1.54) is 0 Å². The zero-order valence-corrected chi connectivity index (χ0v) is 10.3. The van der Waals surface area contributed by atoms with Gasteiger partial charge in [0.05, 0.1) is 5.56 Å². The van der Waals surface area contributed by atoms with Crippen molar-refractivity contribution in [2.75, 3.05) is 0 Å². The van der Waals surface area contributed by atoms with Crippen molar-refractivity contribution < 1.29 is 13.2 Å². The van der Waals surface area contributed by atoms with E-state index < -0.39 is 11.7 Å². The highest BCUT2D eigenvalue weighted by molar-refractivity contribution is 9.10. The molecule has 2 aromatic rings. The zero-order chi connectivity index (χ0) is 11.9. The third-order valence-electron chi connectivity index (χ3n) is 2.14. The molecule has 1 aromatic carbocycles. The number of fused-ring (bicyclic) bond motifs is 1. The lowest BCUT2D eigenvalue weighted by Gasteiger charge is -2.08. The Bertz CT molecular complexity index is 533. The fourth-order valence-electron chi connectivity index (χ4n) is 1.48. The van der Waals surface area contributed by atoms with Crippen LogP contribution in [0.3, 0.4) is 0 Å². The van der Waals surface area contributed by atoms with Gasteiger partial charge < -0.3 is 5.73 Å². The second-order valence-corrected chi connectivity index (χ2v) is 5.34. The second-order valence-electron chi connectivity index (χ2n) is 3.29. The molecule has 0 aliphatic rings. The number of hydrogen-bond donors (Lipinski definition) is 1. The minimum atomic E-state index is -4.33. The van der Waals surface area contributed by atoms with E-state index in [9.17, 15) is 13.2 Å². The number of thiophene rings is 1. The first-order valence-electron chi connectivity index (χ1n) is 4.41. The molecule has 0 saturated heterocycles. The Balaban J connectivity index is 2.76. The van der Waals surface area contributed by atoms with Crippen molar-refractivity contribution in [3.8, 4) is 0 Å². The van der Waals surface area contributed by atoms with Gasteiger partial charge in [0, 0.05) is 20.6 Å². The lowest BCUT2D eigenvalue weighted by molar-refractivity contribution is -0.136. The molecule has 86 valence electrons. The van der Waals surface area contributed by atoms with Crippen LogP contribution in [-0.4, -0.2) is 0 Å². The van der Waals surface area contributed by atoms with E-state index in [4.69, 9.17) is 5.73 Å². The summed E-state index contributed by atoms with van der Waals surface area (Å²) in [5.74, 6) is 0. The summed E-state index contributed by atoms with van der Waals surface area (Å²) in [7, 11) is 0. The summed E-state index contributed by atoms with van der Waals surface area (Å²) in [6.45, 7) is 0.258. The Morgan fingerprint density at radius 1 is 1.25 bits per heavy atom. The van der Waals surface area contributed by atoms with E-state index in [-0.39, 0.29) is 11.2 Å². The Hall–Kier alpha value is -0.590. The Morgan fingerprint density at radius 2 is 1.94 bits per heavy atom. The molecule has 1 aromatic heterocycles. The number of nitrogens with two attached hydrogens (primary N) is 1. The molecule has 0 aliphatic carbocycles. The average Bonchev–Trinajstić information content (AvgIpc) is 2.57. The molecule has 0 fully saturated rings. The molecular formula is C10H7BrF3NS. The lowest BCUT2D eigenvalue weighted by Crippen LogP contribution is -2.04. The number of benzene rings is 1. The number of alkyl halides is 3. The minimum absolute atomic E-state index is 0.246. The first kappa shape index (κ1) is 11.9. The molecule has 0 amide bonds. The first-order valence-corrected chi connectivity index (χ1v) is 6.02. The zero-order valence-electron chi connectivity index (χ0n) is 7.94. The van der Waals surface area contributed by atoms with Gasteiger partial charge in [-0.05, 0) is 23.6 Å². The smallest absolute Gasteiger partial charge is 0.326 e. The molecule has 0 bridgehead atoms. The van der Waals surface area contributed by atoms with E-state index in [0.29, 0.717) is 9.86 Å². The van der Waals surface area contributed by atoms with Crippen molar-refractivity contribution in [3.63, 3.8) is 0 Å². The predicted molar refractivity (Wildman–Crippen MR) is 62.4 cm³/mol. The summed E-state index contributed by atoms with van der Waals surface area (Å²) in [4.78, 5) is 0.749. The van der Waals surface area contributed by atoms with Gasteiger partial charge in [0.25, 0.3) is 0 Å². The maximum atomic E-state index is 12.8. The third kappa shape index (κ3) is 2.09. The van der Waals surface area contributed by atoms with Crippen molar-refractivity contribution in [3.05, 3.63) is 33.1 Å². The molecule has 1 nitrogen and oxygen atoms in total. The van der Waals surface area contributed by atoms with Crippen LogP contribution in [0.2, 0.25) is 0 Å². The SMILES string of the molecule is NCc1cc2cc(Br)cc(C(F)(F)F)c2s1. The van der Waals surface area contributed by atoms with E-state index >= 15 is 0 Å². The van der Waals surface area contributed by atoms with Crippen molar-refractivity contribution in [1.29, 1.82) is 0 Å². The fraction of sp³-hybridized carbons (Fsp3) is 0.200.